The number of hydrogen-bond donors (Lipinski definition) is 1. The Morgan fingerprint density at radius 2 is 2.12 bits per heavy atom. The molecule has 0 aliphatic carbocycles. The van der Waals surface area contributed by atoms with E-state index in [2.05, 4.69) is 17.2 Å². The van der Waals surface area contributed by atoms with E-state index in [1.165, 1.54) is 25.7 Å². The molecule has 0 atom stereocenters. The largest absolute Gasteiger partial charge is 0.380 e. The number of ether oxygens (including phenoxy) is 1. The summed E-state index contributed by atoms with van der Waals surface area (Å²) in [5.74, 6) is 0. The summed E-state index contributed by atoms with van der Waals surface area (Å²) in [7, 11) is 0. The zero-order chi connectivity index (χ0) is 12.2. The van der Waals surface area contributed by atoms with Gasteiger partial charge in [0.25, 0.3) is 0 Å². The van der Waals surface area contributed by atoms with Gasteiger partial charge in [0.15, 0.2) is 0 Å². The highest BCUT2D eigenvalue weighted by Gasteiger charge is 1.92. The Balaban J connectivity index is 1.85. The van der Waals surface area contributed by atoms with Crippen LogP contribution in [0.1, 0.15) is 38.3 Å². The molecule has 3 nitrogen and oxygen atoms in total. The first-order valence-corrected chi connectivity index (χ1v) is 6.62. The van der Waals surface area contributed by atoms with Crippen LogP contribution in [0.4, 0.5) is 0 Å². The van der Waals surface area contributed by atoms with Gasteiger partial charge in [-0.3, -0.25) is 4.98 Å². The molecule has 0 aliphatic rings. The van der Waals surface area contributed by atoms with Crippen LogP contribution in [-0.2, 0) is 11.3 Å². The lowest BCUT2D eigenvalue weighted by Crippen LogP contribution is -2.20. The summed E-state index contributed by atoms with van der Waals surface area (Å²) in [5, 5.41) is 3.32. The molecule has 1 N–H and O–H groups in total. The normalized spacial score (nSPS) is 10.6. The van der Waals surface area contributed by atoms with Crippen molar-refractivity contribution in [2.75, 3.05) is 19.8 Å². The number of hydrogen-bond acceptors (Lipinski definition) is 3. The second-order valence-electron chi connectivity index (χ2n) is 4.17. The van der Waals surface area contributed by atoms with Crippen molar-refractivity contribution in [2.24, 2.45) is 0 Å². The highest BCUT2D eigenvalue weighted by molar-refractivity contribution is 5.02. The molecule has 3 heteroatoms. The van der Waals surface area contributed by atoms with E-state index in [4.69, 9.17) is 4.74 Å². The molecular weight excluding hydrogens is 212 g/mol. The van der Waals surface area contributed by atoms with Gasteiger partial charge in [0.2, 0.25) is 0 Å². The van der Waals surface area contributed by atoms with Gasteiger partial charge in [0.05, 0.1) is 12.3 Å². The number of nitrogens with one attached hydrogen (secondary N) is 1. The summed E-state index contributed by atoms with van der Waals surface area (Å²) < 4.78 is 5.54. The molecule has 0 saturated carbocycles. The summed E-state index contributed by atoms with van der Waals surface area (Å²) in [6.07, 6.45) is 6.90. The van der Waals surface area contributed by atoms with Crippen molar-refractivity contribution in [3.63, 3.8) is 0 Å². The maximum absolute atomic E-state index is 5.54. The van der Waals surface area contributed by atoms with Crippen LogP contribution in [0.15, 0.2) is 24.4 Å². The molecule has 96 valence electrons. The third-order valence-corrected chi connectivity index (χ3v) is 2.60. The molecule has 0 unspecified atom stereocenters. The van der Waals surface area contributed by atoms with E-state index in [0.29, 0.717) is 0 Å². The fourth-order valence-corrected chi connectivity index (χ4v) is 1.60. The van der Waals surface area contributed by atoms with Crippen molar-refractivity contribution in [3.8, 4) is 0 Å². The molecule has 0 spiro atoms. The minimum absolute atomic E-state index is 0.791. The Hall–Kier alpha value is -0.930. The molecule has 1 aromatic rings. The number of aromatic nitrogens is 1. The Bertz CT molecular complexity index is 264. The summed E-state index contributed by atoms with van der Waals surface area (Å²) in [4.78, 5) is 4.24. The molecule has 0 aliphatic heterocycles. The molecule has 0 radical (unpaired) electrons. The summed E-state index contributed by atoms with van der Waals surface area (Å²) in [6, 6.07) is 5.97. The van der Waals surface area contributed by atoms with E-state index in [1.807, 2.05) is 24.4 Å². The molecule has 1 aromatic heterocycles. The second kappa shape index (κ2) is 10.2. The molecular formula is C14H24N2O. The minimum Gasteiger partial charge on any atom is -0.380 e. The third-order valence-electron chi connectivity index (χ3n) is 2.60. The highest BCUT2D eigenvalue weighted by Crippen LogP contribution is 1.98. The summed E-state index contributed by atoms with van der Waals surface area (Å²) in [6.45, 7) is 5.62. The molecule has 0 saturated heterocycles. The van der Waals surface area contributed by atoms with Crippen molar-refractivity contribution in [1.29, 1.82) is 0 Å². The van der Waals surface area contributed by atoms with Gasteiger partial charge in [-0.2, -0.15) is 0 Å². The SMILES string of the molecule is CCCCCCOCCNCc1ccccn1. The standard InChI is InChI=1S/C14H24N2O/c1-2-3-4-7-11-17-12-10-15-13-14-8-5-6-9-16-14/h5-6,8-9,15H,2-4,7,10-13H2,1H3. The lowest BCUT2D eigenvalue weighted by Gasteiger charge is -2.05. The Kier molecular flexibility index (Phi) is 8.51. The van der Waals surface area contributed by atoms with Crippen LogP contribution in [0, 0.1) is 0 Å². The predicted molar refractivity (Wildman–Crippen MR) is 70.9 cm³/mol. The van der Waals surface area contributed by atoms with Gasteiger partial charge < -0.3 is 10.1 Å². The van der Waals surface area contributed by atoms with E-state index in [1.54, 1.807) is 0 Å². The second-order valence-corrected chi connectivity index (χ2v) is 4.17. The summed E-state index contributed by atoms with van der Waals surface area (Å²) in [5.41, 5.74) is 1.08. The monoisotopic (exact) mass is 236 g/mol. The van der Waals surface area contributed by atoms with E-state index in [0.717, 1.165) is 32.0 Å². The van der Waals surface area contributed by atoms with Gasteiger partial charge in [0.1, 0.15) is 0 Å². The highest BCUT2D eigenvalue weighted by atomic mass is 16.5. The van der Waals surface area contributed by atoms with Crippen molar-refractivity contribution >= 4 is 0 Å². The number of unbranched alkanes of at least 4 members (excludes halogenated alkanes) is 3. The first-order valence-electron chi connectivity index (χ1n) is 6.62. The van der Waals surface area contributed by atoms with Crippen LogP contribution in [0.25, 0.3) is 0 Å². The van der Waals surface area contributed by atoms with Gasteiger partial charge in [-0.25, -0.2) is 0 Å². The van der Waals surface area contributed by atoms with Gasteiger partial charge >= 0.3 is 0 Å². The van der Waals surface area contributed by atoms with Crippen LogP contribution in [0.2, 0.25) is 0 Å². The fourth-order valence-electron chi connectivity index (χ4n) is 1.60. The fraction of sp³-hybridized carbons (Fsp3) is 0.643. The Morgan fingerprint density at radius 3 is 2.88 bits per heavy atom. The van der Waals surface area contributed by atoms with Crippen LogP contribution in [-0.4, -0.2) is 24.7 Å². The number of nitrogens with zero attached hydrogens (tertiary/aromatic N) is 1. The van der Waals surface area contributed by atoms with Crippen LogP contribution < -0.4 is 5.32 Å². The smallest absolute Gasteiger partial charge is 0.0591 e. The van der Waals surface area contributed by atoms with E-state index in [-0.39, 0.29) is 0 Å². The first-order chi connectivity index (χ1) is 8.43. The van der Waals surface area contributed by atoms with Gasteiger partial charge in [-0.1, -0.05) is 32.3 Å². The summed E-state index contributed by atoms with van der Waals surface area (Å²) >= 11 is 0. The molecule has 1 rings (SSSR count). The first kappa shape index (κ1) is 14.1. The molecule has 17 heavy (non-hydrogen) atoms. The zero-order valence-electron chi connectivity index (χ0n) is 10.8. The van der Waals surface area contributed by atoms with Crippen molar-refractivity contribution < 1.29 is 4.74 Å². The predicted octanol–water partition coefficient (Wildman–Crippen LogP) is 2.77. The van der Waals surface area contributed by atoms with Crippen LogP contribution in [0.3, 0.4) is 0 Å². The lowest BCUT2D eigenvalue weighted by atomic mass is 10.2. The maximum Gasteiger partial charge on any atom is 0.0591 e. The van der Waals surface area contributed by atoms with Crippen molar-refractivity contribution in [2.45, 2.75) is 39.2 Å². The third kappa shape index (κ3) is 7.88. The Labute approximate surface area is 105 Å². The van der Waals surface area contributed by atoms with E-state index < -0.39 is 0 Å². The van der Waals surface area contributed by atoms with Crippen molar-refractivity contribution in [1.82, 2.24) is 10.3 Å². The quantitative estimate of drug-likeness (QED) is 0.634. The zero-order valence-corrected chi connectivity index (χ0v) is 10.8. The average molecular weight is 236 g/mol. The van der Waals surface area contributed by atoms with Crippen LogP contribution in [0.5, 0.6) is 0 Å². The van der Waals surface area contributed by atoms with Crippen LogP contribution >= 0.6 is 0 Å². The average Bonchev–Trinajstić information content (AvgIpc) is 2.38. The molecule has 0 aromatic carbocycles. The van der Waals surface area contributed by atoms with Crippen molar-refractivity contribution in [3.05, 3.63) is 30.1 Å². The lowest BCUT2D eigenvalue weighted by molar-refractivity contribution is 0.131. The molecule has 1 heterocycles. The molecule has 0 bridgehead atoms. The van der Waals surface area contributed by atoms with E-state index >= 15 is 0 Å². The van der Waals surface area contributed by atoms with Gasteiger partial charge in [-0.05, 0) is 18.6 Å². The number of rotatable bonds is 10. The minimum atomic E-state index is 0.791. The number of pyridine rings is 1. The van der Waals surface area contributed by atoms with Gasteiger partial charge in [-0.15, -0.1) is 0 Å². The molecule has 0 amide bonds. The molecule has 0 fully saturated rings. The van der Waals surface area contributed by atoms with Gasteiger partial charge in [0, 0.05) is 25.9 Å². The Morgan fingerprint density at radius 1 is 1.18 bits per heavy atom. The maximum atomic E-state index is 5.54. The van der Waals surface area contributed by atoms with E-state index in [9.17, 15) is 0 Å². The topological polar surface area (TPSA) is 34.1 Å².